The molecule has 18 heavy (non-hydrogen) atoms. The summed E-state index contributed by atoms with van der Waals surface area (Å²) in [6.07, 6.45) is 0. The smallest absolute Gasteiger partial charge is 0.134 e. The molecule has 0 aliphatic carbocycles. The van der Waals surface area contributed by atoms with E-state index in [-0.39, 0.29) is 12.4 Å². The molecule has 0 amide bonds. The number of aromatic hydroxyl groups is 1. The van der Waals surface area contributed by atoms with Crippen LogP contribution < -0.4 is 5.32 Å². The first-order chi connectivity index (χ1) is 8.69. The summed E-state index contributed by atoms with van der Waals surface area (Å²) in [6, 6.07) is 12.7. The fourth-order valence-corrected chi connectivity index (χ4v) is 1.85. The quantitative estimate of drug-likeness (QED) is 0.794. The number of hydrogen-bond acceptors (Lipinski definition) is 3. The predicted octanol–water partition coefficient (Wildman–Crippen LogP) is 3.15. The Morgan fingerprint density at radius 2 is 1.89 bits per heavy atom. The zero-order valence-electron chi connectivity index (χ0n) is 9.73. The molecule has 2 aromatic carbocycles. The topological polar surface area (TPSA) is 52.5 Å². The van der Waals surface area contributed by atoms with Crippen molar-refractivity contribution in [3.8, 4) is 5.75 Å². The number of hydrogen-bond donors (Lipinski definition) is 3. The van der Waals surface area contributed by atoms with E-state index in [1.807, 2.05) is 30.3 Å². The Kier molecular flexibility index (Phi) is 4.07. The summed E-state index contributed by atoms with van der Waals surface area (Å²) in [5, 5.41) is 21.9. The Labute approximate surface area is 111 Å². The summed E-state index contributed by atoms with van der Waals surface area (Å²) < 4.78 is 0. The SMILES string of the molecule is OCc1cccc(NCc2ccc(O)c(Cl)c2)c1. The van der Waals surface area contributed by atoms with Gasteiger partial charge in [0, 0.05) is 12.2 Å². The second-order valence-electron chi connectivity index (χ2n) is 4.00. The standard InChI is InChI=1S/C14H14ClNO2/c15-13-7-10(4-5-14(13)18)8-16-12-3-1-2-11(6-12)9-17/h1-7,16-18H,8-9H2. The molecule has 3 nitrogen and oxygen atoms in total. The van der Waals surface area contributed by atoms with Gasteiger partial charge in [-0.15, -0.1) is 0 Å². The van der Waals surface area contributed by atoms with Crippen LogP contribution in [0.3, 0.4) is 0 Å². The molecule has 2 aromatic rings. The molecule has 0 radical (unpaired) electrons. The summed E-state index contributed by atoms with van der Waals surface area (Å²) in [7, 11) is 0. The zero-order valence-corrected chi connectivity index (χ0v) is 10.5. The summed E-state index contributed by atoms with van der Waals surface area (Å²) in [4.78, 5) is 0. The third-order valence-corrected chi connectivity index (χ3v) is 2.92. The van der Waals surface area contributed by atoms with Crippen molar-refractivity contribution in [2.45, 2.75) is 13.2 Å². The van der Waals surface area contributed by atoms with Gasteiger partial charge in [0.1, 0.15) is 5.75 Å². The van der Waals surface area contributed by atoms with Gasteiger partial charge in [-0.25, -0.2) is 0 Å². The maximum atomic E-state index is 9.32. The molecule has 2 rings (SSSR count). The molecule has 94 valence electrons. The number of aliphatic hydroxyl groups excluding tert-OH is 1. The highest BCUT2D eigenvalue weighted by molar-refractivity contribution is 6.32. The van der Waals surface area contributed by atoms with Crippen LogP contribution in [0.25, 0.3) is 0 Å². The Balaban J connectivity index is 2.04. The molecule has 0 saturated carbocycles. The number of nitrogens with one attached hydrogen (secondary N) is 1. The van der Waals surface area contributed by atoms with Crippen LogP contribution in [-0.4, -0.2) is 10.2 Å². The molecule has 0 aliphatic heterocycles. The van der Waals surface area contributed by atoms with Gasteiger partial charge >= 0.3 is 0 Å². The van der Waals surface area contributed by atoms with E-state index in [4.69, 9.17) is 16.7 Å². The van der Waals surface area contributed by atoms with E-state index in [0.29, 0.717) is 11.6 Å². The lowest BCUT2D eigenvalue weighted by Gasteiger charge is -2.08. The average molecular weight is 264 g/mol. The average Bonchev–Trinajstić information content (AvgIpc) is 2.40. The van der Waals surface area contributed by atoms with Gasteiger partial charge < -0.3 is 15.5 Å². The van der Waals surface area contributed by atoms with Crippen LogP contribution in [0.4, 0.5) is 5.69 Å². The molecule has 0 saturated heterocycles. The molecule has 0 heterocycles. The third-order valence-electron chi connectivity index (χ3n) is 2.62. The molecule has 0 bridgehead atoms. The number of aliphatic hydroxyl groups is 1. The van der Waals surface area contributed by atoms with Gasteiger partial charge in [0.2, 0.25) is 0 Å². The third kappa shape index (κ3) is 3.15. The van der Waals surface area contributed by atoms with E-state index in [1.165, 1.54) is 0 Å². The minimum absolute atomic E-state index is 0.0283. The molecule has 0 aromatic heterocycles. The van der Waals surface area contributed by atoms with Crippen LogP contribution in [0, 0.1) is 0 Å². The fourth-order valence-electron chi connectivity index (χ4n) is 1.64. The maximum absolute atomic E-state index is 9.32. The van der Waals surface area contributed by atoms with E-state index in [9.17, 15) is 5.11 Å². The largest absolute Gasteiger partial charge is 0.506 e. The highest BCUT2D eigenvalue weighted by Crippen LogP contribution is 2.24. The Bertz CT molecular complexity index is 543. The zero-order chi connectivity index (χ0) is 13.0. The second-order valence-corrected chi connectivity index (χ2v) is 4.41. The summed E-state index contributed by atoms with van der Waals surface area (Å²) >= 11 is 5.83. The van der Waals surface area contributed by atoms with Crippen molar-refractivity contribution in [2.75, 3.05) is 5.32 Å². The minimum atomic E-state index is 0.0283. The molecule has 0 fully saturated rings. The van der Waals surface area contributed by atoms with Crippen LogP contribution in [0.2, 0.25) is 5.02 Å². The van der Waals surface area contributed by atoms with E-state index in [0.717, 1.165) is 16.8 Å². The molecular formula is C14H14ClNO2. The first-order valence-corrected chi connectivity index (χ1v) is 5.98. The maximum Gasteiger partial charge on any atom is 0.134 e. The summed E-state index contributed by atoms with van der Waals surface area (Å²) in [5.41, 5.74) is 2.78. The van der Waals surface area contributed by atoms with Gasteiger partial charge in [-0.3, -0.25) is 0 Å². The lowest BCUT2D eigenvalue weighted by Crippen LogP contribution is -1.99. The Morgan fingerprint density at radius 3 is 2.61 bits per heavy atom. The Hall–Kier alpha value is -1.71. The van der Waals surface area contributed by atoms with Crippen LogP contribution in [0.5, 0.6) is 5.75 Å². The summed E-state index contributed by atoms with van der Waals surface area (Å²) in [6.45, 7) is 0.634. The van der Waals surface area contributed by atoms with Gasteiger partial charge in [-0.05, 0) is 35.4 Å². The van der Waals surface area contributed by atoms with Crippen molar-refractivity contribution in [3.63, 3.8) is 0 Å². The van der Waals surface area contributed by atoms with Crippen LogP contribution in [0.15, 0.2) is 42.5 Å². The highest BCUT2D eigenvalue weighted by atomic mass is 35.5. The normalized spacial score (nSPS) is 10.3. The number of halogens is 1. The molecule has 0 atom stereocenters. The first kappa shape index (κ1) is 12.7. The van der Waals surface area contributed by atoms with Crippen molar-refractivity contribution in [3.05, 3.63) is 58.6 Å². The molecule has 3 N–H and O–H groups in total. The van der Waals surface area contributed by atoms with Gasteiger partial charge in [0.05, 0.1) is 11.6 Å². The predicted molar refractivity (Wildman–Crippen MR) is 72.8 cm³/mol. The van der Waals surface area contributed by atoms with Gasteiger partial charge in [-0.2, -0.15) is 0 Å². The van der Waals surface area contributed by atoms with Gasteiger partial charge in [-0.1, -0.05) is 29.8 Å². The second kappa shape index (κ2) is 5.76. The van der Waals surface area contributed by atoms with Crippen molar-refractivity contribution in [1.29, 1.82) is 0 Å². The van der Waals surface area contributed by atoms with Crippen LogP contribution >= 0.6 is 11.6 Å². The number of phenols is 1. The minimum Gasteiger partial charge on any atom is -0.506 e. The van der Waals surface area contributed by atoms with E-state index in [2.05, 4.69) is 5.32 Å². The van der Waals surface area contributed by atoms with E-state index >= 15 is 0 Å². The number of anilines is 1. The number of rotatable bonds is 4. The first-order valence-electron chi connectivity index (χ1n) is 5.60. The van der Waals surface area contributed by atoms with Crippen LogP contribution in [-0.2, 0) is 13.2 Å². The molecule has 0 aliphatic rings. The number of phenolic OH excluding ortho intramolecular Hbond substituents is 1. The summed E-state index contributed by atoms with van der Waals surface area (Å²) in [5.74, 6) is 0.0858. The van der Waals surface area contributed by atoms with E-state index < -0.39 is 0 Å². The van der Waals surface area contributed by atoms with E-state index in [1.54, 1.807) is 12.1 Å². The highest BCUT2D eigenvalue weighted by Gasteiger charge is 2.00. The number of benzene rings is 2. The monoisotopic (exact) mass is 263 g/mol. The molecule has 4 heteroatoms. The lowest BCUT2D eigenvalue weighted by molar-refractivity contribution is 0.282. The van der Waals surface area contributed by atoms with Crippen LogP contribution in [0.1, 0.15) is 11.1 Å². The van der Waals surface area contributed by atoms with Gasteiger partial charge in [0.15, 0.2) is 0 Å². The van der Waals surface area contributed by atoms with Crippen molar-refractivity contribution >= 4 is 17.3 Å². The van der Waals surface area contributed by atoms with Crippen molar-refractivity contribution in [1.82, 2.24) is 0 Å². The molecule has 0 spiro atoms. The molecule has 0 unspecified atom stereocenters. The van der Waals surface area contributed by atoms with Crippen molar-refractivity contribution < 1.29 is 10.2 Å². The fraction of sp³-hybridized carbons (Fsp3) is 0.143. The lowest BCUT2D eigenvalue weighted by atomic mass is 10.2. The Morgan fingerprint density at radius 1 is 1.06 bits per heavy atom. The molecular weight excluding hydrogens is 250 g/mol. The van der Waals surface area contributed by atoms with Crippen molar-refractivity contribution in [2.24, 2.45) is 0 Å². The van der Waals surface area contributed by atoms with Gasteiger partial charge in [0.25, 0.3) is 0 Å².